The number of likely N-dealkylation sites (N-methyl/N-ethyl adjacent to an activating group) is 1. The molecule has 2 aromatic carbocycles. The molecule has 4 nitrogen and oxygen atoms in total. The third-order valence-corrected chi connectivity index (χ3v) is 6.68. The van der Waals surface area contributed by atoms with Crippen LogP contribution in [-0.4, -0.2) is 25.0 Å². The molecule has 0 heterocycles. The van der Waals surface area contributed by atoms with Crippen LogP contribution >= 0.6 is 0 Å². The summed E-state index contributed by atoms with van der Waals surface area (Å²) in [5, 5.41) is 0. The summed E-state index contributed by atoms with van der Waals surface area (Å²) in [6.07, 6.45) is 23.2. The number of amides is 1. The zero-order valence-electron chi connectivity index (χ0n) is 23.4. The predicted octanol–water partition coefficient (Wildman–Crippen LogP) is 9.00. The topological polar surface area (TPSA) is 43.4 Å². The van der Waals surface area contributed by atoms with Crippen LogP contribution in [0, 0.1) is 0 Å². The molecule has 2 aromatic rings. The SMILES string of the molecule is CCC=CCC=CCC=CCCCCCCCC(=O)OCC(=O)[N+](CC)(c1ccccc1)c1ccccc1. The van der Waals surface area contributed by atoms with Crippen LogP contribution in [0.15, 0.2) is 97.1 Å². The highest BCUT2D eigenvalue weighted by molar-refractivity contribution is 5.96. The fourth-order valence-corrected chi connectivity index (χ4v) is 4.56. The Morgan fingerprint density at radius 3 is 1.79 bits per heavy atom. The molecule has 0 spiro atoms. The van der Waals surface area contributed by atoms with Crippen molar-refractivity contribution in [1.82, 2.24) is 4.48 Å². The van der Waals surface area contributed by atoms with Gasteiger partial charge in [-0.05, 0) is 45.4 Å². The van der Waals surface area contributed by atoms with Gasteiger partial charge in [-0.1, -0.05) is 99.0 Å². The zero-order valence-corrected chi connectivity index (χ0v) is 23.4. The summed E-state index contributed by atoms with van der Waals surface area (Å²) in [5.41, 5.74) is 1.74. The summed E-state index contributed by atoms with van der Waals surface area (Å²) in [7, 11) is 0. The van der Waals surface area contributed by atoms with E-state index in [1.165, 1.54) is 12.8 Å². The van der Waals surface area contributed by atoms with Crippen LogP contribution in [0.3, 0.4) is 0 Å². The van der Waals surface area contributed by atoms with Crippen LogP contribution in [0.25, 0.3) is 0 Å². The number of quaternary nitrogens is 1. The fraction of sp³-hybridized carbons (Fsp3) is 0.412. The number of benzene rings is 2. The first-order valence-electron chi connectivity index (χ1n) is 14.3. The maximum absolute atomic E-state index is 13.5. The first kappa shape index (κ1) is 31.0. The molecule has 0 unspecified atom stereocenters. The van der Waals surface area contributed by atoms with Crippen LogP contribution < -0.4 is 4.48 Å². The summed E-state index contributed by atoms with van der Waals surface area (Å²) in [6, 6.07) is 19.4. The summed E-state index contributed by atoms with van der Waals surface area (Å²) >= 11 is 0. The first-order chi connectivity index (χ1) is 18.6. The standard InChI is InChI=1S/C34H46NO3/c1-3-5-6-7-8-9-10-11-12-13-14-15-16-17-24-29-34(37)38-30-33(36)35(4-2,31-25-20-18-21-26-31)32-27-22-19-23-28-32/h5-6,8-9,11-12,18-23,25-28H,3-4,7,10,13-17,24,29-30H2,1-2H3/q+1. The van der Waals surface area contributed by atoms with E-state index in [2.05, 4.69) is 43.4 Å². The molecule has 0 aromatic heterocycles. The van der Waals surface area contributed by atoms with Crippen LogP contribution in [0.1, 0.15) is 78.1 Å². The van der Waals surface area contributed by atoms with Crippen LogP contribution in [0.4, 0.5) is 11.4 Å². The fourth-order valence-electron chi connectivity index (χ4n) is 4.56. The lowest BCUT2D eigenvalue weighted by atomic mass is 10.1. The molecule has 0 bridgehead atoms. The van der Waals surface area contributed by atoms with E-state index in [-0.39, 0.29) is 23.0 Å². The number of unbranched alkanes of at least 4 members (excludes halogenated alkanes) is 5. The second-order valence-electron chi connectivity index (χ2n) is 9.45. The Labute approximate surface area is 230 Å². The molecule has 0 saturated heterocycles. The molecule has 38 heavy (non-hydrogen) atoms. The molecule has 0 saturated carbocycles. The van der Waals surface area contributed by atoms with Crippen LogP contribution in [-0.2, 0) is 14.3 Å². The highest BCUT2D eigenvalue weighted by Gasteiger charge is 2.40. The third-order valence-electron chi connectivity index (χ3n) is 6.68. The summed E-state index contributed by atoms with van der Waals surface area (Å²) < 4.78 is 5.48. The summed E-state index contributed by atoms with van der Waals surface area (Å²) in [5.74, 6) is -0.440. The molecule has 0 atom stereocenters. The Kier molecular flexibility index (Phi) is 15.4. The van der Waals surface area contributed by atoms with Crippen molar-refractivity contribution < 1.29 is 14.3 Å². The molecule has 2 rings (SSSR count). The van der Waals surface area contributed by atoms with Crippen LogP contribution in [0.2, 0.25) is 0 Å². The van der Waals surface area contributed by atoms with Gasteiger partial charge >= 0.3 is 11.9 Å². The normalized spacial score (nSPS) is 12.1. The van der Waals surface area contributed by atoms with Crippen molar-refractivity contribution in [3.8, 4) is 0 Å². The van der Waals surface area contributed by atoms with Crippen molar-refractivity contribution in [2.45, 2.75) is 78.1 Å². The Bertz CT molecular complexity index is 969. The number of hydrogen-bond acceptors (Lipinski definition) is 3. The Morgan fingerprint density at radius 2 is 1.21 bits per heavy atom. The van der Waals surface area contributed by atoms with Crippen molar-refractivity contribution in [2.24, 2.45) is 0 Å². The highest BCUT2D eigenvalue weighted by atomic mass is 16.5. The average molecular weight is 517 g/mol. The van der Waals surface area contributed by atoms with Gasteiger partial charge in [0.25, 0.3) is 0 Å². The van der Waals surface area contributed by atoms with Gasteiger partial charge in [-0.15, -0.1) is 0 Å². The van der Waals surface area contributed by atoms with E-state index in [4.69, 9.17) is 4.74 Å². The number of nitrogens with zero attached hydrogens (tertiary/aromatic N) is 1. The van der Waals surface area contributed by atoms with E-state index >= 15 is 0 Å². The molecule has 0 radical (unpaired) electrons. The largest absolute Gasteiger partial charge is 0.451 e. The number of ether oxygens (including phenoxy) is 1. The van der Waals surface area contributed by atoms with E-state index < -0.39 is 0 Å². The maximum Gasteiger partial charge on any atom is 0.361 e. The van der Waals surface area contributed by atoms with E-state index in [9.17, 15) is 9.59 Å². The Morgan fingerprint density at radius 1 is 0.684 bits per heavy atom. The van der Waals surface area contributed by atoms with Gasteiger partial charge in [-0.3, -0.25) is 4.79 Å². The smallest absolute Gasteiger partial charge is 0.361 e. The second-order valence-corrected chi connectivity index (χ2v) is 9.45. The predicted molar refractivity (Wildman–Crippen MR) is 160 cm³/mol. The van der Waals surface area contributed by atoms with Gasteiger partial charge < -0.3 is 4.74 Å². The van der Waals surface area contributed by atoms with Crippen LogP contribution in [0.5, 0.6) is 0 Å². The van der Waals surface area contributed by atoms with Crippen molar-refractivity contribution in [1.29, 1.82) is 0 Å². The van der Waals surface area contributed by atoms with Crippen molar-refractivity contribution in [3.05, 3.63) is 97.1 Å². The average Bonchev–Trinajstić information content (AvgIpc) is 2.96. The van der Waals surface area contributed by atoms with Gasteiger partial charge in [0.2, 0.25) is 6.61 Å². The molecule has 4 heteroatoms. The first-order valence-corrected chi connectivity index (χ1v) is 14.3. The van der Waals surface area contributed by atoms with E-state index in [1.54, 1.807) is 0 Å². The maximum atomic E-state index is 13.5. The number of rotatable bonds is 18. The third kappa shape index (κ3) is 10.6. The molecule has 0 fully saturated rings. The van der Waals surface area contributed by atoms with Crippen molar-refractivity contribution in [3.63, 3.8) is 0 Å². The molecule has 0 aliphatic heterocycles. The number of carbonyl (C=O) groups is 2. The minimum Gasteiger partial charge on any atom is -0.451 e. The molecular weight excluding hydrogens is 470 g/mol. The molecule has 0 aliphatic rings. The number of carbonyl (C=O) groups excluding carboxylic acids is 2. The molecule has 0 N–H and O–H groups in total. The molecule has 0 aliphatic carbocycles. The molecular formula is C34H46NO3+. The van der Waals surface area contributed by atoms with E-state index in [1.807, 2.05) is 67.6 Å². The monoisotopic (exact) mass is 516 g/mol. The Hall–Kier alpha value is -3.24. The van der Waals surface area contributed by atoms with Gasteiger partial charge in [-0.25, -0.2) is 4.79 Å². The summed E-state index contributed by atoms with van der Waals surface area (Å²) in [6.45, 7) is 4.44. The minimum atomic E-state index is -0.296. The number of esters is 1. The van der Waals surface area contributed by atoms with Gasteiger partial charge in [0.1, 0.15) is 11.4 Å². The van der Waals surface area contributed by atoms with Gasteiger partial charge in [0.05, 0.1) is 6.54 Å². The number of allylic oxidation sites excluding steroid dienone is 6. The van der Waals surface area contributed by atoms with Crippen molar-refractivity contribution >= 4 is 23.3 Å². The number of para-hydroxylation sites is 2. The highest BCUT2D eigenvalue weighted by Crippen LogP contribution is 2.34. The number of hydrogen-bond donors (Lipinski definition) is 0. The van der Waals surface area contributed by atoms with Gasteiger partial charge in [0.15, 0.2) is 0 Å². The lowest BCUT2D eigenvalue weighted by Crippen LogP contribution is -2.51. The lowest BCUT2D eigenvalue weighted by molar-refractivity contribution is -0.150. The Balaban J connectivity index is 1.67. The lowest BCUT2D eigenvalue weighted by Gasteiger charge is -2.33. The molecule has 1 amide bonds. The summed E-state index contributed by atoms with van der Waals surface area (Å²) in [4.78, 5) is 25.9. The quantitative estimate of drug-likeness (QED) is 0.0859. The second kappa shape index (κ2) is 18.9. The van der Waals surface area contributed by atoms with E-state index in [0.29, 0.717) is 13.0 Å². The minimum absolute atomic E-state index is 0.0238. The van der Waals surface area contributed by atoms with Crippen molar-refractivity contribution in [2.75, 3.05) is 13.2 Å². The van der Waals surface area contributed by atoms with E-state index in [0.717, 1.165) is 56.3 Å². The zero-order chi connectivity index (χ0) is 27.3. The van der Waals surface area contributed by atoms with Gasteiger partial charge in [0, 0.05) is 30.7 Å². The molecule has 204 valence electrons. The van der Waals surface area contributed by atoms with Gasteiger partial charge in [-0.2, -0.15) is 4.48 Å².